The van der Waals surface area contributed by atoms with Gasteiger partial charge in [-0.2, -0.15) is 10.1 Å². The molecule has 3 aromatic rings. The number of hydrogen-bond acceptors (Lipinski definition) is 5. The van der Waals surface area contributed by atoms with E-state index in [1.807, 2.05) is 6.20 Å². The maximum absolute atomic E-state index is 5.14. The average molecular weight is 342 g/mol. The summed E-state index contributed by atoms with van der Waals surface area (Å²) in [6, 6.07) is 1.78. The fraction of sp³-hybridized carbons (Fsp3) is 0.100. The Balaban J connectivity index is 1.81. The van der Waals surface area contributed by atoms with Crippen LogP contribution in [0.4, 0.5) is 0 Å². The lowest BCUT2D eigenvalue weighted by Gasteiger charge is -1.93. The van der Waals surface area contributed by atoms with Gasteiger partial charge in [0.05, 0.1) is 21.6 Å². The molecule has 86 valence electrons. The first-order chi connectivity index (χ1) is 8.31. The van der Waals surface area contributed by atoms with E-state index in [0.29, 0.717) is 18.3 Å². The van der Waals surface area contributed by atoms with Crippen LogP contribution in [-0.4, -0.2) is 19.9 Å². The lowest BCUT2D eigenvalue weighted by atomic mass is 10.3. The molecule has 0 bridgehead atoms. The molecule has 0 fully saturated rings. The van der Waals surface area contributed by atoms with E-state index in [9.17, 15) is 0 Å². The van der Waals surface area contributed by atoms with E-state index in [1.165, 1.54) is 0 Å². The van der Waals surface area contributed by atoms with Crippen LogP contribution in [-0.2, 0) is 6.54 Å². The number of rotatable bonds is 3. The zero-order valence-corrected chi connectivity index (χ0v) is 10.7. The molecule has 3 heterocycles. The normalized spacial score (nSPS) is 10.9. The lowest BCUT2D eigenvalue weighted by molar-refractivity contribution is 0.366. The van der Waals surface area contributed by atoms with Crippen molar-refractivity contribution in [3.63, 3.8) is 0 Å². The largest absolute Gasteiger partial charge is 0.472 e. The van der Waals surface area contributed by atoms with Crippen molar-refractivity contribution in [2.75, 3.05) is 0 Å². The molecule has 0 aliphatic heterocycles. The second kappa shape index (κ2) is 4.32. The third-order valence-electron chi connectivity index (χ3n) is 2.15. The quantitative estimate of drug-likeness (QED) is 0.683. The van der Waals surface area contributed by atoms with Crippen molar-refractivity contribution < 1.29 is 8.94 Å². The lowest BCUT2D eigenvalue weighted by Crippen LogP contribution is -1.99. The summed E-state index contributed by atoms with van der Waals surface area (Å²) in [6.07, 6.45) is 6.82. The van der Waals surface area contributed by atoms with Crippen molar-refractivity contribution in [2.24, 2.45) is 0 Å². The van der Waals surface area contributed by atoms with Gasteiger partial charge >= 0.3 is 0 Å². The van der Waals surface area contributed by atoms with Gasteiger partial charge in [0.2, 0.25) is 11.7 Å². The van der Waals surface area contributed by atoms with Crippen molar-refractivity contribution in [1.82, 2.24) is 19.9 Å². The molecular weight excluding hydrogens is 335 g/mol. The van der Waals surface area contributed by atoms with Gasteiger partial charge in [-0.1, -0.05) is 5.16 Å². The summed E-state index contributed by atoms with van der Waals surface area (Å²) in [6.45, 7) is 0.466. The molecule has 0 radical (unpaired) electrons. The summed E-state index contributed by atoms with van der Waals surface area (Å²) in [4.78, 5) is 4.26. The Morgan fingerprint density at radius 1 is 1.41 bits per heavy atom. The topological polar surface area (TPSA) is 69.9 Å². The van der Waals surface area contributed by atoms with Crippen molar-refractivity contribution in [3.8, 4) is 11.4 Å². The van der Waals surface area contributed by atoms with Crippen molar-refractivity contribution in [3.05, 3.63) is 40.4 Å². The highest BCUT2D eigenvalue weighted by molar-refractivity contribution is 14.1. The summed E-state index contributed by atoms with van der Waals surface area (Å²) in [5.41, 5.74) is 0.801. The Morgan fingerprint density at radius 2 is 2.35 bits per heavy atom. The van der Waals surface area contributed by atoms with Crippen LogP contribution in [0.15, 0.2) is 39.9 Å². The van der Waals surface area contributed by atoms with Gasteiger partial charge in [-0.25, -0.2) is 0 Å². The molecule has 3 rings (SSSR count). The summed E-state index contributed by atoms with van der Waals surface area (Å²) in [5.74, 6) is 1.04. The molecule has 0 aliphatic rings. The molecule has 0 spiro atoms. The van der Waals surface area contributed by atoms with E-state index in [0.717, 1.165) is 9.13 Å². The molecule has 0 saturated carbocycles. The average Bonchev–Trinajstić information content (AvgIpc) is 3.00. The van der Waals surface area contributed by atoms with Crippen LogP contribution < -0.4 is 0 Å². The predicted molar refractivity (Wildman–Crippen MR) is 66.0 cm³/mol. The molecule has 0 amide bonds. The monoisotopic (exact) mass is 342 g/mol. The second-order valence-corrected chi connectivity index (χ2v) is 4.63. The van der Waals surface area contributed by atoms with Gasteiger partial charge in [0, 0.05) is 6.20 Å². The first kappa shape index (κ1) is 10.5. The first-order valence-corrected chi connectivity index (χ1v) is 5.92. The van der Waals surface area contributed by atoms with Gasteiger partial charge in [-0.3, -0.25) is 4.68 Å². The Labute approximate surface area is 110 Å². The van der Waals surface area contributed by atoms with Crippen molar-refractivity contribution in [2.45, 2.75) is 6.54 Å². The Bertz CT molecular complexity index is 614. The third-order valence-corrected chi connectivity index (χ3v) is 2.70. The maximum atomic E-state index is 5.14. The molecular formula is C10H7IN4O2. The zero-order valence-electron chi connectivity index (χ0n) is 8.58. The number of aromatic nitrogens is 4. The highest BCUT2D eigenvalue weighted by Gasteiger charge is 2.10. The second-order valence-electron chi connectivity index (χ2n) is 3.38. The zero-order chi connectivity index (χ0) is 11.7. The van der Waals surface area contributed by atoms with Crippen LogP contribution >= 0.6 is 22.6 Å². The summed E-state index contributed by atoms with van der Waals surface area (Å²) < 4.78 is 12.9. The molecule has 0 saturated heterocycles. The van der Waals surface area contributed by atoms with Crippen molar-refractivity contribution in [1.29, 1.82) is 0 Å². The standard InChI is InChI=1S/C10H7IN4O2/c11-8-3-12-15(4-8)5-9-13-10(14-17-9)7-1-2-16-6-7/h1-4,6H,5H2. The molecule has 6 nitrogen and oxygen atoms in total. The molecule has 0 N–H and O–H groups in total. The summed E-state index contributed by atoms with van der Waals surface area (Å²) in [5, 5.41) is 8.02. The first-order valence-electron chi connectivity index (χ1n) is 4.84. The highest BCUT2D eigenvalue weighted by Crippen LogP contribution is 2.16. The predicted octanol–water partition coefficient (Wildman–Crippen LogP) is 2.18. The van der Waals surface area contributed by atoms with Gasteiger partial charge in [0.15, 0.2) is 0 Å². The minimum absolute atomic E-state index is 0.466. The van der Waals surface area contributed by atoms with Gasteiger partial charge < -0.3 is 8.94 Å². The van der Waals surface area contributed by atoms with Crippen LogP contribution in [0, 0.1) is 3.57 Å². The fourth-order valence-electron chi connectivity index (χ4n) is 1.39. The highest BCUT2D eigenvalue weighted by atomic mass is 127. The van der Waals surface area contributed by atoms with Gasteiger partial charge in [-0.05, 0) is 28.7 Å². The molecule has 0 atom stereocenters. The van der Waals surface area contributed by atoms with Gasteiger partial charge in [0.1, 0.15) is 12.8 Å². The maximum Gasteiger partial charge on any atom is 0.248 e. The Morgan fingerprint density at radius 3 is 3.06 bits per heavy atom. The Kier molecular flexibility index (Phi) is 2.67. The number of nitrogens with zero attached hydrogens (tertiary/aromatic N) is 4. The van der Waals surface area contributed by atoms with E-state index in [2.05, 4.69) is 37.8 Å². The van der Waals surface area contributed by atoms with E-state index in [-0.39, 0.29) is 0 Å². The summed E-state index contributed by atoms with van der Waals surface area (Å²) >= 11 is 2.19. The molecule has 0 aliphatic carbocycles. The molecule has 3 aromatic heterocycles. The molecule has 0 unspecified atom stereocenters. The van der Waals surface area contributed by atoms with Crippen LogP contribution in [0.3, 0.4) is 0 Å². The number of halogens is 1. The Hall–Kier alpha value is -1.64. The number of furan rings is 1. The van der Waals surface area contributed by atoms with E-state index < -0.39 is 0 Å². The van der Waals surface area contributed by atoms with Crippen LogP contribution in [0.1, 0.15) is 5.89 Å². The van der Waals surface area contributed by atoms with Gasteiger partial charge in [0.25, 0.3) is 0 Å². The summed E-state index contributed by atoms with van der Waals surface area (Å²) in [7, 11) is 0. The molecule has 0 aromatic carbocycles. The van der Waals surface area contributed by atoms with E-state index in [4.69, 9.17) is 8.94 Å². The van der Waals surface area contributed by atoms with Crippen LogP contribution in [0.5, 0.6) is 0 Å². The fourth-order valence-corrected chi connectivity index (χ4v) is 1.84. The van der Waals surface area contributed by atoms with Crippen LogP contribution in [0.25, 0.3) is 11.4 Å². The van der Waals surface area contributed by atoms with E-state index in [1.54, 1.807) is 29.5 Å². The van der Waals surface area contributed by atoms with Crippen molar-refractivity contribution >= 4 is 22.6 Å². The SMILES string of the molecule is Ic1cnn(Cc2nc(-c3ccoc3)no2)c1. The van der Waals surface area contributed by atoms with Crippen LogP contribution in [0.2, 0.25) is 0 Å². The van der Waals surface area contributed by atoms with E-state index >= 15 is 0 Å². The third kappa shape index (κ3) is 2.23. The minimum atomic E-state index is 0.466. The van der Waals surface area contributed by atoms with Gasteiger partial charge in [-0.15, -0.1) is 0 Å². The smallest absolute Gasteiger partial charge is 0.248 e. The molecule has 7 heteroatoms. The minimum Gasteiger partial charge on any atom is -0.472 e. The number of hydrogen-bond donors (Lipinski definition) is 0. The molecule has 17 heavy (non-hydrogen) atoms.